The van der Waals surface area contributed by atoms with E-state index in [0.29, 0.717) is 63.8 Å². The van der Waals surface area contributed by atoms with Crippen molar-refractivity contribution in [2.75, 3.05) is 6.61 Å². The Morgan fingerprint density at radius 1 is 0.544 bits per heavy atom. The van der Waals surface area contributed by atoms with Crippen LogP contribution in [0.3, 0.4) is 0 Å². The maximum absolute atomic E-state index is 14.1. The highest BCUT2D eigenvalue weighted by atomic mass is 79.9. The van der Waals surface area contributed by atoms with Gasteiger partial charge in [-0.05, 0) is 118 Å². The van der Waals surface area contributed by atoms with Crippen LogP contribution in [0.4, 0.5) is 26.3 Å². The number of carbonyl (C=O) groups is 2. The van der Waals surface area contributed by atoms with E-state index in [4.69, 9.17) is 14.2 Å². The number of ether oxygens (including phenoxy) is 3. The number of carboxylic acids is 1. The van der Waals surface area contributed by atoms with Gasteiger partial charge in [0.05, 0.1) is 40.2 Å². The number of hydrogen-bond donors (Lipinski definition) is 1. The van der Waals surface area contributed by atoms with Crippen molar-refractivity contribution in [1.29, 1.82) is 0 Å². The number of carboxylic acid groups (broad SMARTS) is 1. The molecule has 1 N–H and O–H groups in total. The second kappa shape index (κ2) is 21.3. The van der Waals surface area contributed by atoms with Crippen molar-refractivity contribution in [3.05, 3.63) is 211 Å². The maximum Gasteiger partial charge on any atom is 0.338 e. The third-order valence-corrected chi connectivity index (χ3v) is 11.5. The van der Waals surface area contributed by atoms with E-state index < -0.39 is 60.1 Å². The number of hydrogen-bond acceptors (Lipinski definition) is 5. The molecule has 8 nitrogen and oxygen atoms in total. The Bertz CT molecular complexity index is 3140. The Balaban J connectivity index is 0.000000202. The lowest BCUT2D eigenvalue weighted by atomic mass is 10.1. The highest BCUT2D eigenvalue weighted by molar-refractivity contribution is 9.10. The maximum atomic E-state index is 14.1. The fourth-order valence-electron chi connectivity index (χ4n) is 7.32. The van der Waals surface area contributed by atoms with Crippen molar-refractivity contribution in [3.63, 3.8) is 0 Å². The third kappa shape index (κ3) is 11.0. The van der Waals surface area contributed by atoms with E-state index in [1.54, 1.807) is 73.7 Å². The molecule has 8 aromatic rings. The summed E-state index contributed by atoms with van der Waals surface area (Å²) in [4.78, 5) is 23.7. The first kappa shape index (κ1) is 48.9. The summed E-state index contributed by atoms with van der Waals surface area (Å²) in [7, 11) is 0. The molecule has 68 heavy (non-hydrogen) atoms. The normalized spacial score (nSPS) is 10.9. The van der Waals surface area contributed by atoms with Crippen molar-refractivity contribution in [2.45, 2.75) is 34.0 Å². The van der Waals surface area contributed by atoms with Gasteiger partial charge in [0.1, 0.15) is 59.6 Å². The molecule has 8 rings (SSSR count). The van der Waals surface area contributed by atoms with Crippen LogP contribution >= 0.6 is 31.9 Å². The zero-order valence-electron chi connectivity index (χ0n) is 36.2. The minimum Gasteiger partial charge on any atom is -0.488 e. The van der Waals surface area contributed by atoms with E-state index in [0.717, 1.165) is 31.7 Å². The highest BCUT2D eigenvalue weighted by Crippen LogP contribution is 2.38. The number of aromatic carboxylic acids is 1. The van der Waals surface area contributed by atoms with Crippen LogP contribution < -0.4 is 9.47 Å². The number of halogens is 8. The fourth-order valence-corrected chi connectivity index (χ4v) is 8.05. The molecule has 0 spiro atoms. The summed E-state index contributed by atoms with van der Waals surface area (Å²) in [6.07, 6.45) is 0. The van der Waals surface area contributed by atoms with Crippen molar-refractivity contribution >= 4 is 43.8 Å². The third-order valence-electron chi connectivity index (χ3n) is 10.5. The SMILES string of the molecule is CCOC(=O)c1cccc(-n2c(C)ccc2-c2cc(Br)ccc2OCc2c(F)cc(F)cc2F)c1.Cc1ccc(-c2cc(Br)ccc2OCc2c(F)cc(F)cc2F)n1-c1cccc(C(=O)O)c1. The minimum absolute atomic E-state index is 0.138. The summed E-state index contributed by atoms with van der Waals surface area (Å²) in [6.45, 7) is 4.94. The van der Waals surface area contributed by atoms with Gasteiger partial charge in [-0.1, -0.05) is 44.0 Å². The first-order valence-corrected chi connectivity index (χ1v) is 22.2. The van der Waals surface area contributed by atoms with Gasteiger partial charge in [0.15, 0.2) is 0 Å². The molecule has 16 heteroatoms. The monoisotopic (exact) mass is 1060 g/mol. The van der Waals surface area contributed by atoms with Gasteiger partial charge in [-0.25, -0.2) is 35.9 Å². The molecular formula is C52H38Br2F6N2O6. The van der Waals surface area contributed by atoms with Crippen molar-refractivity contribution in [3.8, 4) is 45.4 Å². The van der Waals surface area contributed by atoms with Gasteiger partial charge in [0, 0.05) is 67.1 Å². The zero-order chi connectivity index (χ0) is 48.8. The first-order chi connectivity index (χ1) is 32.5. The van der Waals surface area contributed by atoms with Crippen LogP contribution in [0.2, 0.25) is 0 Å². The molecule has 0 fully saturated rings. The second-order valence-electron chi connectivity index (χ2n) is 15.1. The topological polar surface area (TPSA) is 91.9 Å². The van der Waals surface area contributed by atoms with Crippen LogP contribution in [0.15, 0.2) is 142 Å². The first-order valence-electron chi connectivity index (χ1n) is 20.6. The second-order valence-corrected chi connectivity index (χ2v) is 16.9. The van der Waals surface area contributed by atoms with Crippen molar-refractivity contribution < 1.29 is 55.2 Å². The molecule has 0 unspecified atom stereocenters. The van der Waals surface area contributed by atoms with E-state index in [9.17, 15) is 41.0 Å². The molecule has 0 saturated carbocycles. The summed E-state index contributed by atoms with van der Waals surface area (Å²) < 4.78 is 105. The molecule has 0 radical (unpaired) electrons. The lowest BCUT2D eigenvalue weighted by Crippen LogP contribution is -2.07. The Morgan fingerprint density at radius 2 is 0.956 bits per heavy atom. The van der Waals surface area contributed by atoms with Gasteiger partial charge in [0.2, 0.25) is 0 Å². The number of rotatable bonds is 13. The molecular weight excluding hydrogens is 1020 g/mol. The predicted molar refractivity (Wildman–Crippen MR) is 251 cm³/mol. The van der Waals surface area contributed by atoms with Gasteiger partial charge >= 0.3 is 11.9 Å². The van der Waals surface area contributed by atoms with E-state index in [1.807, 2.05) is 59.4 Å². The van der Waals surface area contributed by atoms with Crippen LogP contribution in [0.5, 0.6) is 11.5 Å². The number of aromatic nitrogens is 2. The number of carbonyl (C=O) groups excluding carboxylic acids is 1. The Hall–Kier alpha value is -7.04. The lowest BCUT2D eigenvalue weighted by molar-refractivity contribution is 0.0525. The molecule has 348 valence electrons. The zero-order valence-corrected chi connectivity index (χ0v) is 39.4. The number of nitrogens with zero attached hydrogens (tertiary/aromatic N) is 2. The molecule has 0 aliphatic rings. The summed E-state index contributed by atoms with van der Waals surface area (Å²) in [5.74, 6) is -6.85. The molecule has 2 aromatic heterocycles. The van der Waals surface area contributed by atoms with Crippen LogP contribution in [0, 0.1) is 48.8 Å². The van der Waals surface area contributed by atoms with Crippen LogP contribution in [0.25, 0.3) is 33.9 Å². The number of esters is 1. The lowest BCUT2D eigenvalue weighted by Gasteiger charge is -2.17. The number of aryl methyl sites for hydroxylation is 2. The molecule has 2 heterocycles. The molecule has 0 bridgehead atoms. The van der Waals surface area contributed by atoms with Crippen LogP contribution in [0.1, 0.15) is 50.2 Å². The van der Waals surface area contributed by atoms with Gasteiger partial charge in [0.25, 0.3) is 0 Å². The largest absolute Gasteiger partial charge is 0.488 e. The number of benzene rings is 6. The summed E-state index contributed by atoms with van der Waals surface area (Å²) in [5.41, 5.74) is 5.58. The summed E-state index contributed by atoms with van der Waals surface area (Å²) in [5, 5.41) is 9.36. The van der Waals surface area contributed by atoms with Crippen LogP contribution in [-0.4, -0.2) is 32.8 Å². The Kier molecular flexibility index (Phi) is 15.3. The molecule has 0 atom stereocenters. The molecule has 0 aliphatic heterocycles. The molecule has 6 aromatic carbocycles. The quantitative estimate of drug-likeness (QED) is 0.0914. The fraction of sp³-hybridized carbons (Fsp3) is 0.115. The van der Waals surface area contributed by atoms with E-state index in [1.165, 1.54) is 6.07 Å². The van der Waals surface area contributed by atoms with Crippen LogP contribution in [-0.2, 0) is 18.0 Å². The predicted octanol–water partition coefficient (Wildman–Crippen LogP) is 14.3. The van der Waals surface area contributed by atoms with Gasteiger partial charge in [-0.15, -0.1) is 0 Å². The van der Waals surface area contributed by atoms with Crippen molar-refractivity contribution in [2.24, 2.45) is 0 Å². The molecule has 0 saturated heterocycles. The average Bonchev–Trinajstić information content (AvgIpc) is 3.88. The minimum atomic E-state index is -1.04. The van der Waals surface area contributed by atoms with E-state index in [-0.39, 0.29) is 23.3 Å². The van der Waals surface area contributed by atoms with E-state index >= 15 is 0 Å². The molecule has 0 amide bonds. The smallest absolute Gasteiger partial charge is 0.338 e. The molecule has 0 aliphatic carbocycles. The highest BCUT2D eigenvalue weighted by Gasteiger charge is 2.21. The average molecular weight is 1060 g/mol. The summed E-state index contributed by atoms with van der Waals surface area (Å²) in [6, 6.07) is 33.9. The van der Waals surface area contributed by atoms with Gasteiger partial charge < -0.3 is 28.5 Å². The van der Waals surface area contributed by atoms with Gasteiger partial charge in [-0.3, -0.25) is 0 Å². The Morgan fingerprint density at radius 3 is 1.37 bits per heavy atom. The Labute approximate surface area is 403 Å². The standard InChI is InChI=1S/C27H21BrF3NO3.C25H17BrF3NO3/c1-3-34-27(33)17-5-4-6-20(11-17)32-16(2)7-9-25(32)21-12-18(28)8-10-26(21)35-15-22-23(30)13-19(29)14-24(22)31;1-14-5-7-23(30(14)18-4-2-3-15(9-18)25(31)32)19-10-16(26)6-8-24(19)33-13-20-21(28)11-17(27)12-22(20)29/h4-14H,3,15H2,1-2H3;2-12H,13H2,1H3,(H,31,32). The van der Waals surface area contributed by atoms with Crippen molar-refractivity contribution in [1.82, 2.24) is 9.13 Å². The van der Waals surface area contributed by atoms with E-state index in [2.05, 4.69) is 31.9 Å². The summed E-state index contributed by atoms with van der Waals surface area (Å²) >= 11 is 6.90. The van der Waals surface area contributed by atoms with Gasteiger partial charge in [-0.2, -0.15) is 0 Å².